The number of halogens is 1. The first-order valence-corrected chi connectivity index (χ1v) is 5.62. The number of benzene rings is 1. The van der Waals surface area contributed by atoms with Gasteiger partial charge in [0.1, 0.15) is 5.82 Å². The predicted molar refractivity (Wildman–Crippen MR) is 62.8 cm³/mol. The number of carbonyl (C=O) groups is 1. The summed E-state index contributed by atoms with van der Waals surface area (Å²) >= 11 is 0. The maximum atomic E-state index is 13.8. The van der Waals surface area contributed by atoms with Gasteiger partial charge in [-0.15, -0.1) is 0 Å². The maximum Gasteiger partial charge on any atom is 0.337 e. The summed E-state index contributed by atoms with van der Waals surface area (Å²) in [6.45, 7) is 1.15. The molecule has 1 aromatic rings. The molecule has 2 rings (SSSR count). The highest BCUT2D eigenvalue weighted by Gasteiger charge is 2.24. The maximum absolute atomic E-state index is 13.8. The second-order valence-electron chi connectivity index (χ2n) is 4.29. The van der Waals surface area contributed by atoms with Gasteiger partial charge in [-0.3, -0.25) is 0 Å². The van der Waals surface area contributed by atoms with Crippen molar-refractivity contribution in [3.05, 3.63) is 29.6 Å². The number of nitrogens with zero attached hydrogens (tertiary/aromatic N) is 1. The minimum absolute atomic E-state index is 0.000833. The average molecular weight is 238 g/mol. The third-order valence-corrected chi connectivity index (χ3v) is 2.99. The Morgan fingerprint density at radius 1 is 1.53 bits per heavy atom. The zero-order valence-electron chi connectivity index (χ0n) is 9.40. The van der Waals surface area contributed by atoms with Crippen molar-refractivity contribution < 1.29 is 14.3 Å². The molecule has 5 heteroatoms. The monoisotopic (exact) mass is 238 g/mol. The van der Waals surface area contributed by atoms with Crippen LogP contribution in [0, 0.1) is 5.82 Å². The quantitative estimate of drug-likeness (QED) is 0.818. The molecular weight excluding hydrogens is 223 g/mol. The number of piperidine rings is 1. The number of anilines is 1. The smallest absolute Gasteiger partial charge is 0.337 e. The predicted octanol–water partition coefficient (Wildman–Crippen LogP) is 1.45. The van der Waals surface area contributed by atoms with Crippen LogP contribution in [0.25, 0.3) is 0 Å². The van der Waals surface area contributed by atoms with Crippen molar-refractivity contribution in [2.45, 2.75) is 18.9 Å². The first-order chi connectivity index (χ1) is 8.09. The summed E-state index contributed by atoms with van der Waals surface area (Å²) in [5, 5.41) is 9.06. The molecular formula is C12H15FN2O2. The summed E-state index contributed by atoms with van der Waals surface area (Å²) in [7, 11) is 0. The van der Waals surface area contributed by atoms with Crippen LogP contribution in [0.2, 0.25) is 0 Å². The van der Waals surface area contributed by atoms with E-state index in [0.717, 1.165) is 12.8 Å². The first-order valence-electron chi connectivity index (χ1n) is 5.62. The number of carboxylic acid groups (broad SMARTS) is 1. The van der Waals surface area contributed by atoms with Crippen molar-refractivity contribution in [2.75, 3.05) is 18.0 Å². The van der Waals surface area contributed by atoms with Crippen LogP contribution < -0.4 is 10.6 Å². The zero-order chi connectivity index (χ0) is 12.4. The highest BCUT2D eigenvalue weighted by atomic mass is 19.1. The number of rotatable bonds is 2. The Bertz CT molecular complexity index is 437. The Kier molecular flexibility index (Phi) is 3.28. The largest absolute Gasteiger partial charge is 0.478 e. The van der Waals surface area contributed by atoms with Crippen LogP contribution in [0.1, 0.15) is 23.2 Å². The summed E-state index contributed by atoms with van der Waals surface area (Å²) < 4.78 is 13.8. The normalized spacial score (nSPS) is 20.4. The molecule has 1 fully saturated rings. The lowest BCUT2D eigenvalue weighted by molar-refractivity contribution is 0.0697. The van der Waals surface area contributed by atoms with E-state index in [4.69, 9.17) is 10.8 Å². The number of aromatic carboxylic acids is 1. The molecule has 17 heavy (non-hydrogen) atoms. The number of nitrogens with two attached hydrogens (primary N) is 1. The molecule has 0 saturated carbocycles. The second-order valence-corrected chi connectivity index (χ2v) is 4.29. The van der Waals surface area contributed by atoms with E-state index < -0.39 is 11.8 Å². The van der Waals surface area contributed by atoms with Crippen LogP contribution >= 0.6 is 0 Å². The van der Waals surface area contributed by atoms with Gasteiger partial charge in [-0.05, 0) is 25.0 Å². The van der Waals surface area contributed by atoms with Gasteiger partial charge in [-0.2, -0.15) is 0 Å². The molecule has 0 aromatic heterocycles. The van der Waals surface area contributed by atoms with Crippen molar-refractivity contribution >= 4 is 11.7 Å². The van der Waals surface area contributed by atoms with E-state index in [-0.39, 0.29) is 17.3 Å². The molecule has 0 radical (unpaired) electrons. The third-order valence-electron chi connectivity index (χ3n) is 2.99. The van der Waals surface area contributed by atoms with E-state index in [9.17, 15) is 9.18 Å². The number of hydrogen-bond donors (Lipinski definition) is 2. The molecule has 0 spiro atoms. The molecule has 92 valence electrons. The molecule has 1 saturated heterocycles. The van der Waals surface area contributed by atoms with Gasteiger partial charge in [0.05, 0.1) is 11.3 Å². The van der Waals surface area contributed by atoms with E-state index in [1.165, 1.54) is 18.2 Å². The Morgan fingerprint density at radius 2 is 2.29 bits per heavy atom. The zero-order valence-corrected chi connectivity index (χ0v) is 9.40. The molecule has 4 nitrogen and oxygen atoms in total. The number of para-hydroxylation sites is 1. The van der Waals surface area contributed by atoms with Crippen LogP contribution in [0.3, 0.4) is 0 Å². The molecule has 1 atom stereocenters. The molecule has 0 amide bonds. The molecule has 1 aliphatic rings. The number of hydrogen-bond acceptors (Lipinski definition) is 3. The van der Waals surface area contributed by atoms with Gasteiger partial charge in [0.2, 0.25) is 0 Å². The van der Waals surface area contributed by atoms with Crippen LogP contribution in [-0.2, 0) is 0 Å². The van der Waals surface area contributed by atoms with Gasteiger partial charge >= 0.3 is 5.97 Å². The Labute approximate surface area is 98.8 Å². The highest BCUT2D eigenvalue weighted by Crippen LogP contribution is 2.27. The second kappa shape index (κ2) is 4.71. The van der Waals surface area contributed by atoms with E-state index in [2.05, 4.69) is 0 Å². The molecule has 0 aliphatic carbocycles. The van der Waals surface area contributed by atoms with Gasteiger partial charge in [-0.25, -0.2) is 9.18 Å². The molecule has 1 aliphatic heterocycles. The van der Waals surface area contributed by atoms with Gasteiger partial charge in [0.15, 0.2) is 0 Å². The van der Waals surface area contributed by atoms with Crippen molar-refractivity contribution in [2.24, 2.45) is 5.73 Å². The molecule has 1 unspecified atom stereocenters. The Morgan fingerprint density at radius 3 is 2.94 bits per heavy atom. The summed E-state index contributed by atoms with van der Waals surface area (Å²) in [6.07, 6.45) is 1.75. The minimum atomic E-state index is -1.11. The lowest BCUT2D eigenvalue weighted by Gasteiger charge is -2.33. The fourth-order valence-corrected chi connectivity index (χ4v) is 2.22. The van der Waals surface area contributed by atoms with E-state index in [0.29, 0.717) is 13.1 Å². The summed E-state index contributed by atoms with van der Waals surface area (Å²) in [6, 6.07) is 4.08. The topological polar surface area (TPSA) is 66.6 Å². The average Bonchev–Trinajstić information content (AvgIpc) is 2.28. The van der Waals surface area contributed by atoms with E-state index >= 15 is 0 Å². The van der Waals surface area contributed by atoms with Crippen LogP contribution in [-0.4, -0.2) is 30.2 Å². The van der Waals surface area contributed by atoms with Gasteiger partial charge in [-0.1, -0.05) is 6.07 Å². The highest BCUT2D eigenvalue weighted by molar-refractivity contribution is 5.94. The summed E-state index contributed by atoms with van der Waals surface area (Å²) in [4.78, 5) is 12.8. The standard InChI is InChI=1S/C12H15FN2O2/c13-10-5-1-4-9(12(16)17)11(10)15-6-2-3-8(14)7-15/h1,4-5,8H,2-3,6-7,14H2,(H,16,17). The fraction of sp³-hybridized carbons (Fsp3) is 0.417. The summed E-state index contributed by atoms with van der Waals surface area (Å²) in [5.74, 6) is -1.61. The lowest BCUT2D eigenvalue weighted by atomic mass is 10.0. The number of carboxylic acids is 1. The molecule has 3 N–H and O–H groups in total. The van der Waals surface area contributed by atoms with E-state index in [1.807, 2.05) is 0 Å². The first kappa shape index (κ1) is 11.9. The van der Waals surface area contributed by atoms with Gasteiger partial charge < -0.3 is 15.7 Å². The van der Waals surface area contributed by atoms with Crippen LogP contribution in [0.4, 0.5) is 10.1 Å². The Balaban J connectivity index is 2.39. The van der Waals surface area contributed by atoms with Crippen molar-refractivity contribution in [3.63, 3.8) is 0 Å². The molecule has 1 aromatic carbocycles. The van der Waals surface area contributed by atoms with Crippen molar-refractivity contribution in [1.29, 1.82) is 0 Å². The Hall–Kier alpha value is -1.62. The minimum Gasteiger partial charge on any atom is -0.478 e. The fourth-order valence-electron chi connectivity index (χ4n) is 2.22. The van der Waals surface area contributed by atoms with Gasteiger partial charge in [0.25, 0.3) is 0 Å². The van der Waals surface area contributed by atoms with Crippen molar-refractivity contribution in [1.82, 2.24) is 0 Å². The van der Waals surface area contributed by atoms with Crippen LogP contribution in [0.15, 0.2) is 18.2 Å². The summed E-state index contributed by atoms with van der Waals surface area (Å²) in [5.41, 5.74) is 5.99. The van der Waals surface area contributed by atoms with E-state index in [1.54, 1.807) is 4.90 Å². The SMILES string of the molecule is NC1CCCN(c2c(F)cccc2C(=O)O)C1. The van der Waals surface area contributed by atoms with Crippen LogP contribution in [0.5, 0.6) is 0 Å². The molecule has 0 bridgehead atoms. The van der Waals surface area contributed by atoms with Gasteiger partial charge in [0, 0.05) is 19.1 Å². The molecule has 1 heterocycles. The third kappa shape index (κ3) is 2.39. The van der Waals surface area contributed by atoms with Crippen molar-refractivity contribution in [3.8, 4) is 0 Å². The lowest BCUT2D eigenvalue weighted by Crippen LogP contribution is -2.43.